The molecule has 0 radical (unpaired) electrons. The summed E-state index contributed by atoms with van der Waals surface area (Å²) in [4.78, 5) is 15.8. The van der Waals surface area contributed by atoms with Crippen molar-refractivity contribution in [3.63, 3.8) is 0 Å². The van der Waals surface area contributed by atoms with Crippen LogP contribution in [-0.2, 0) is 9.47 Å². The summed E-state index contributed by atoms with van der Waals surface area (Å²) in [6.45, 7) is 7.07. The second-order valence-corrected chi connectivity index (χ2v) is 4.36. The Labute approximate surface area is 105 Å². The zero-order chi connectivity index (χ0) is 12.7. The van der Waals surface area contributed by atoms with Crippen LogP contribution in [0.25, 0.3) is 0 Å². The Morgan fingerprint density at radius 2 is 2.12 bits per heavy atom. The molecule has 5 nitrogen and oxygen atoms in total. The van der Waals surface area contributed by atoms with Crippen LogP contribution in [0.2, 0.25) is 0 Å². The van der Waals surface area contributed by atoms with E-state index in [-0.39, 0.29) is 5.91 Å². The maximum Gasteiger partial charge on any atom is 0.270 e. The molecule has 0 atom stereocenters. The van der Waals surface area contributed by atoms with E-state index in [9.17, 15) is 4.79 Å². The molecule has 0 aromatic carbocycles. The van der Waals surface area contributed by atoms with E-state index in [1.807, 2.05) is 20.8 Å². The number of nitrogens with one attached hydrogen (secondary N) is 1. The van der Waals surface area contributed by atoms with Gasteiger partial charge >= 0.3 is 0 Å². The molecule has 1 aromatic rings. The molecule has 17 heavy (non-hydrogen) atoms. The van der Waals surface area contributed by atoms with E-state index in [1.165, 1.54) is 11.3 Å². The number of thiazole rings is 1. The Morgan fingerprint density at radius 3 is 2.59 bits per heavy atom. The third-order valence-electron chi connectivity index (χ3n) is 1.99. The lowest BCUT2D eigenvalue weighted by atomic mass is 10.4. The van der Waals surface area contributed by atoms with Crippen LogP contribution in [0.1, 0.15) is 29.3 Å². The van der Waals surface area contributed by atoms with Crippen molar-refractivity contribution in [2.75, 3.05) is 19.8 Å². The number of carbonyl (C=O) groups is 1. The first-order chi connectivity index (χ1) is 8.17. The molecule has 1 amide bonds. The Kier molecular flexibility index (Phi) is 6.10. The summed E-state index contributed by atoms with van der Waals surface area (Å²) in [7, 11) is 0. The highest BCUT2D eigenvalue weighted by Gasteiger charge is 2.13. The molecular weight excluding hydrogens is 240 g/mol. The maximum atomic E-state index is 11.7. The fourth-order valence-electron chi connectivity index (χ4n) is 1.27. The lowest BCUT2D eigenvalue weighted by Crippen LogP contribution is -2.35. The fraction of sp³-hybridized carbons (Fsp3) is 0.636. The number of ether oxygens (including phenoxy) is 2. The quantitative estimate of drug-likeness (QED) is 0.754. The first-order valence-electron chi connectivity index (χ1n) is 5.60. The molecule has 6 heteroatoms. The normalized spacial score (nSPS) is 10.8. The molecular formula is C11H18N2O3S. The highest BCUT2D eigenvalue weighted by molar-refractivity contribution is 7.09. The Morgan fingerprint density at radius 1 is 1.47 bits per heavy atom. The van der Waals surface area contributed by atoms with Crippen molar-refractivity contribution in [3.8, 4) is 0 Å². The van der Waals surface area contributed by atoms with Crippen LogP contribution < -0.4 is 5.32 Å². The zero-order valence-electron chi connectivity index (χ0n) is 10.4. The molecule has 0 spiro atoms. The molecule has 0 saturated carbocycles. The molecule has 0 unspecified atom stereocenters. The third kappa shape index (κ3) is 4.80. The van der Waals surface area contributed by atoms with Crippen molar-refractivity contribution < 1.29 is 14.3 Å². The predicted molar refractivity (Wildman–Crippen MR) is 66.2 cm³/mol. The van der Waals surface area contributed by atoms with Gasteiger partial charge in [-0.05, 0) is 20.8 Å². The van der Waals surface area contributed by atoms with Crippen LogP contribution in [0.5, 0.6) is 0 Å². The predicted octanol–water partition coefficient (Wildman–Crippen LogP) is 1.58. The standard InChI is InChI=1S/C11H18N2O3S/c1-4-15-10(16-5-2)6-12-11(14)9-7-17-8(3)13-9/h7,10H,4-6H2,1-3H3,(H,12,14). The van der Waals surface area contributed by atoms with Gasteiger partial charge in [-0.25, -0.2) is 4.98 Å². The third-order valence-corrected chi connectivity index (χ3v) is 2.76. The van der Waals surface area contributed by atoms with Gasteiger partial charge in [-0.2, -0.15) is 0 Å². The monoisotopic (exact) mass is 258 g/mol. The van der Waals surface area contributed by atoms with Gasteiger partial charge in [0.15, 0.2) is 6.29 Å². The zero-order valence-corrected chi connectivity index (χ0v) is 11.2. The fourth-order valence-corrected chi connectivity index (χ4v) is 1.87. The van der Waals surface area contributed by atoms with E-state index < -0.39 is 6.29 Å². The second-order valence-electron chi connectivity index (χ2n) is 3.30. The van der Waals surface area contributed by atoms with Crippen molar-refractivity contribution >= 4 is 17.2 Å². The van der Waals surface area contributed by atoms with Gasteiger partial charge in [0.1, 0.15) is 5.69 Å². The van der Waals surface area contributed by atoms with Gasteiger partial charge in [0.05, 0.1) is 11.6 Å². The van der Waals surface area contributed by atoms with E-state index in [1.54, 1.807) is 5.38 Å². The van der Waals surface area contributed by atoms with Crippen LogP contribution in [0.15, 0.2) is 5.38 Å². The van der Waals surface area contributed by atoms with Gasteiger partial charge < -0.3 is 14.8 Å². The SMILES string of the molecule is CCOC(CNC(=O)c1csc(C)n1)OCC. The number of rotatable bonds is 7. The minimum Gasteiger partial charge on any atom is -0.351 e. The van der Waals surface area contributed by atoms with Crippen molar-refractivity contribution in [1.82, 2.24) is 10.3 Å². The molecule has 0 fully saturated rings. The summed E-state index contributed by atoms with van der Waals surface area (Å²) in [5.74, 6) is -0.196. The summed E-state index contributed by atoms with van der Waals surface area (Å²) in [6, 6.07) is 0. The minimum absolute atomic E-state index is 0.196. The van der Waals surface area contributed by atoms with E-state index in [0.29, 0.717) is 25.5 Å². The van der Waals surface area contributed by atoms with Crippen molar-refractivity contribution in [2.45, 2.75) is 27.1 Å². The molecule has 1 heterocycles. The number of hydrogen-bond donors (Lipinski definition) is 1. The van der Waals surface area contributed by atoms with Gasteiger partial charge in [0.2, 0.25) is 0 Å². The summed E-state index contributed by atoms with van der Waals surface area (Å²) < 4.78 is 10.6. The molecule has 0 saturated heterocycles. The average molecular weight is 258 g/mol. The number of carbonyl (C=O) groups excluding carboxylic acids is 1. The smallest absolute Gasteiger partial charge is 0.270 e. The van der Waals surface area contributed by atoms with Crippen LogP contribution in [-0.4, -0.2) is 36.9 Å². The van der Waals surface area contributed by atoms with Crippen LogP contribution >= 0.6 is 11.3 Å². The van der Waals surface area contributed by atoms with E-state index >= 15 is 0 Å². The van der Waals surface area contributed by atoms with Crippen LogP contribution in [0.4, 0.5) is 0 Å². The first-order valence-corrected chi connectivity index (χ1v) is 6.48. The summed E-state index contributed by atoms with van der Waals surface area (Å²) in [6.07, 6.45) is -0.395. The number of aromatic nitrogens is 1. The highest BCUT2D eigenvalue weighted by atomic mass is 32.1. The lowest BCUT2D eigenvalue weighted by Gasteiger charge is -2.16. The minimum atomic E-state index is -0.395. The highest BCUT2D eigenvalue weighted by Crippen LogP contribution is 2.07. The number of nitrogens with zero attached hydrogens (tertiary/aromatic N) is 1. The van der Waals surface area contributed by atoms with Crippen molar-refractivity contribution in [2.24, 2.45) is 0 Å². The molecule has 1 rings (SSSR count). The number of amides is 1. The summed E-state index contributed by atoms with van der Waals surface area (Å²) in [5, 5.41) is 5.35. The first kappa shape index (κ1) is 14.1. The Balaban J connectivity index is 2.40. The van der Waals surface area contributed by atoms with Gasteiger partial charge in [-0.3, -0.25) is 4.79 Å². The van der Waals surface area contributed by atoms with Gasteiger partial charge in [0, 0.05) is 18.6 Å². The lowest BCUT2D eigenvalue weighted by molar-refractivity contribution is -0.131. The summed E-state index contributed by atoms with van der Waals surface area (Å²) in [5.41, 5.74) is 0.444. The summed E-state index contributed by atoms with van der Waals surface area (Å²) >= 11 is 1.45. The van der Waals surface area contributed by atoms with Gasteiger partial charge in [0.25, 0.3) is 5.91 Å². The number of aryl methyl sites for hydroxylation is 1. The van der Waals surface area contributed by atoms with E-state index in [4.69, 9.17) is 9.47 Å². The molecule has 1 N–H and O–H groups in total. The molecule has 0 aliphatic rings. The van der Waals surface area contributed by atoms with Crippen LogP contribution in [0, 0.1) is 6.92 Å². The topological polar surface area (TPSA) is 60.5 Å². The number of hydrogen-bond acceptors (Lipinski definition) is 5. The molecule has 96 valence electrons. The van der Waals surface area contributed by atoms with Gasteiger partial charge in [-0.15, -0.1) is 11.3 Å². The molecule has 0 aliphatic carbocycles. The molecule has 0 aliphatic heterocycles. The average Bonchev–Trinajstić information content (AvgIpc) is 2.73. The van der Waals surface area contributed by atoms with Gasteiger partial charge in [-0.1, -0.05) is 0 Å². The van der Waals surface area contributed by atoms with E-state index in [0.717, 1.165) is 5.01 Å². The maximum absolute atomic E-state index is 11.7. The Hall–Kier alpha value is -0.980. The largest absolute Gasteiger partial charge is 0.351 e. The van der Waals surface area contributed by atoms with Crippen molar-refractivity contribution in [3.05, 3.63) is 16.1 Å². The second kappa shape index (κ2) is 7.37. The molecule has 0 bridgehead atoms. The molecule has 1 aromatic heterocycles. The van der Waals surface area contributed by atoms with E-state index in [2.05, 4.69) is 10.3 Å². The van der Waals surface area contributed by atoms with Crippen LogP contribution in [0.3, 0.4) is 0 Å². The van der Waals surface area contributed by atoms with Crippen molar-refractivity contribution in [1.29, 1.82) is 0 Å². The Bertz CT molecular complexity index is 348.